The Kier molecular flexibility index (Phi) is 3.94. The number of fused-ring (bicyclic) bond motifs is 1. The zero-order valence-electron chi connectivity index (χ0n) is 11.7. The van der Waals surface area contributed by atoms with Crippen molar-refractivity contribution in [3.63, 3.8) is 0 Å². The Bertz CT molecular complexity index is 469. The van der Waals surface area contributed by atoms with Crippen LogP contribution in [0.2, 0.25) is 5.02 Å². The SMILES string of the molecule is CC(CO)(CO)NC1c2cc(Cl)ccc2CC1(C)C. The molecule has 0 amide bonds. The van der Waals surface area contributed by atoms with Crippen molar-refractivity contribution in [2.24, 2.45) is 5.41 Å². The summed E-state index contributed by atoms with van der Waals surface area (Å²) in [6, 6.07) is 6.04. The minimum atomic E-state index is -0.689. The van der Waals surface area contributed by atoms with Crippen LogP contribution in [0.3, 0.4) is 0 Å². The van der Waals surface area contributed by atoms with Crippen LogP contribution < -0.4 is 5.32 Å². The Labute approximate surface area is 119 Å². The van der Waals surface area contributed by atoms with Crippen LogP contribution in [0.15, 0.2) is 18.2 Å². The zero-order chi connectivity index (χ0) is 14.3. The molecule has 0 saturated carbocycles. The molecule has 3 nitrogen and oxygen atoms in total. The smallest absolute Gasteiger partial charge is 0.0633 e. The molecule has 0 aromatic heterocycles. The number of aliphatic hydroxyl groups is 2. The predicted molar refractivity (Wildman–Crippen MR) is 77.4 cm³/mol. The molecule has 0 fully saturated rings. The molecule has 1 aromatic carbocycles. The Morgan fingerprint density at radius 2 is 2.00 bits per heavy atom. The van der Waals surface area contributed by atoms with Crippen molar-refractivity contribution in [3.8, 4) is 0 Å². The summed E-state index contributed by atoms with van der Waals surface area (Å²) < 4.78 is 0. The van der Waals surface area contributed by atoms with Gasteiger partial charge < -0.3 is 15.5 Å². The molecule has 1 atom stereocenters. The molecule has 1 aromatic rings. The van der Waals surface area contributed by atoms with Crippen molar-refractivity contribution in [2.45, 2.75) is 38.8 Å². The van der Waals surface area contributed by atoms with Crippen LogP contribution in [-0.4, -0.2) is 29.0 Å². The molecule has 106 valence electrons. The summed E-state index contributed by atoms with van der Waals surface area (Å²) in [6.45, 7) is 5.99. The third-order valence-electron chi connectivity index (χ3n) is 4.04. The molecule has 19 heavy (non-hydrogen) atoms. The first kappa shape index (κ1) is 14.8. The molecule has 0 bridgehead atoms. The van der Waals surface area contributed by atoms with Gasteiger partial charge in [0, 0.05) is 11.1 Å². The molecular weight excluding hydrogens is 262 g/mol. The van der Waals surface area contributed by atoms with Crippen LogP contribution in [-0.2, 0) is 6.42 Å². The van der Waals surface area contributed by atoms with E-state index in [1.165, 1.54) is 11.1 Å². The number of rotatable bonds is 4. The molecular formula is C15H22ClNO2. The molecule has 1 aliphatic carbocycles. The second-order valence-corrected chi connectivity index (χ2v) is 6.90. The monoisotopic (exact) mass is 283 g/mol. The molecule has 0 spiro atoms. The molecule has 4 heteroatoms. The lowest BCUT2D eigenvalue weighted by atomic mass is 9.83. The first-order valence-electron chi connectivity index (χ1n) is 6.59. The average Bonchev–Trinajstić information content (AvgIpc) is 2.60. The van der Waals surface area contributed by atoms with Crippen LogP contribution in [0.5, 0.6) is 0 Å². The van der Waals surface area contributed by atoms with Crippen LogP contribution in [0.4, 0.5) is 0 Å². The minimum Gasteiger partial charge on any atom is -0.394 e. The van der Waals surface area contributed by atoms with Crippen LogP contribution in [0.1, 0.15) is 37.9 Å². The second kappa shape index (κ2) is 5.06. The van der Waals surface area contributed by atoms with Crippen molar-refractivity contribution in [1.82, 2.24) is 5.32 Å². The normalized spacial score (nSPS) is 21.5. The van der Waals surface area contributed by atoms with Gasteiger partial charge in [-0.3, -0.25) is 0 Å². The standard InChI is InChI=1S/C15H22ClNO2/c1-14(2)7-10-4-5-11(16)6-12(10)13(14)17-15(3,8-18)9-19/h4-6,13,17-19H,7-9H2,1-3H3. The minimum absolute atomic E-state index is 0.0264. The van der Waals surface area contributed by atoms with Gasteiger partial charge in [-0.05, 0) is 42.0 Å². The highest BCUT2D eigenvalue weighted by molar-refractivity contribution is 6.30. The number of hydrogen-bond acceptors (Lipinski definition) is 3. The summed E-state index contributed by atoms with van der Waals surface area (Å²) in [7, 11) is 0. The van der Waals surface area contributed by atoms with Crippen molar-refractivity contribution in [3.05, 3.63) is 34.3 Å². The third-order valence-corrected chi connectivity index (χ3v) is 4.27. The zero-order valence-corrected chi connectivity index (χ0v) is 12.5. The van der Waals surface area contributed by atoms with E-state index < -0.39 is 5.54 Å². The second-order valence-electron chi connectivity index (χ2n) is 6.46. The summed E-state index contributed by atoms with van der Waals surface area (Å²) in [5, 5.41) is 23.1. The van der Waals surface area contributed by atoms with Gasteiger partial charge in [-0.1, -0.05) is 31.5 Å². The number of nitrogens with one attached hydrogen (secondary N) is 1. The van der Waals surface area contributed by atoms with Crippen molar-refractivity contribution >= 4 is 11.6 Å². The molecule has 0 saturated heterocycles. The lowest BCUT2D eigenvalue weighted by Crippen LogP contribution is -2.52. The first-order valence-corrected chi connectivity index (χ1v) is 6.97. The van der Waals surface area contributed by atoms with Gasteiger partial charge >= 0.3 is 0 Å². The molecule has 1 aliphatic rings. The van der Waals surface area contributed by atoms with Gasteiger partial charge in [0.2, 0.25) is 0 Å². The van der Waals surface area contributed by atoms with Gasteiger partial charge in [0.25, 0.3) is 0 Å². The van der Waals surface area contributed by atoms with E-state index in [2.05, 4.69) is 25.2 Å². The maximum atomic E-state index is 9.47. The van der Waals surface area contributed by atoms with E-state index in [-0.39, 0.29) is 24.7 Å². The Morgan fingerprint density at radius 3 is 2.58 bits per heavy atom. The fourth-order valence-corrected chi connectivity index (χ4v) is 2.95. The molecule has 1 unspecified atom stereocenters. The summed E-state index contributed by atoms with van der Waals surface area (Å²) in [4.78, 5) is 0. The molecule has 2 rings (SSSR count). The number of halogens is 1. The van der Waals surface area contributed by atoms with E-state index in [9.17, 15) is 10.2 Å². The fraction of sp³-hybridized carbons (Fsp3) is 0.600. The largest absolute Gasteiger partial charge is 0.394 e. The number of benzene rings is 1. The molecule has 0 heterocycles. The van der Waals surface area contributed by atoms with Gasteiger partial charge in [-0.25, -0.2) is 0 Å². The quantitative estimate of drug-likeness (QED) is 0.795. The van der Waals surface area contributed by atoms with E-state index in [0.717, 1.165) is 11.4 Å². The average molecular weight is 284 g/mol. The molecule has 3 N–H and O–H groups in total. The highest BCUT2D eigenvalue weighted by atomic mass is 35.5. The lowest BCUT2D eigenvalue weighted by molar-refractivity contribution is 0.0762. The summed E-state index contributed by atoms with van der Waals surface area (Å²) >= 11 is 6.09. The van der Waals surface area contributed by atoms with E-state index >= 15 is 0 Å². The van der Waals surface area contributed by atoms with E-state index in [0.29, 0.717) is 0 Å². The summed E-state index contributed by atoms with van der Waals surface area (Å²) in [5.74, 6) is 0. The van der Waals surface area contributed by atoms with E-state index in [1.807, 2.05) is 19.1 Å². The van der Waals surface area contributed by atoms with Gasteiger partial charge in [-0.2, -0.15) is 0 Å². The highest BCUT2D eigenvalue weighted by Gasteiger charge is 2.42. The van der Waals surface area contributed by atoms with Crippen LogP contribution in [0.25, 0.3) is 0 Å². The van der Waals surface area contributed by atoms with Crippen molar-refractivity contribution in [1.29, 1.82) is 0 Å². The van der Waals surface area contributed by atoms with Crippen LogP contribution in [0, 0.1) is 5.41 Å². The molecule has 0 aliphatic heterocycles. The van der Waals surface area contributed by atoms with E-state index in [4.69, 9.17) is 11.6 Å². The Balaban J connectivity index is 2.36. The lowest BCUT2D eigenvalue weighted by Gasteiger charge is -2.37. The fourth-order valence-electron chi connectivity index (χ4n) is 2.77. The Hall–Kier alpha value is -0.610. The first-order chi connectivity index (χ1) is 8.81. The van der Waals surface area contributed by atoms with Gasteiger partial charge in [0.05, 0.1) is 18.8 Å². The van der Waals surface area contributed by atoms with E-state index in [1.54, 1.807) is 0 Å². The molecule has 0 radical (unpaired) electrons. The topological polar surface area (TPSA) is 52.5 Å². The van der Waals surface area contributed by atoms with Crippen molar-refractivity contribution < 1.29 is 10.2 Å². The maximum Gasteiger partial charge on any atom is 0.0633 e. The van der Waals surface area contributed by atoms with Gasteiger partial charge in [-0.15, -0.1) is 0 Å². The Morgan fingerprint density at radius 1 is 1.37 bits per heavy atom. The summed E-state index contributed by atoms with van der Waals surface area (Å²) in [6.07, 6.45) is 0.962. The number of aliphatic hydroxyl groups excluding tert-OH is 2. The predicted octanol–water partition coefficient (Wildman–Crippen LogP) is 2.30. The van der Waals surface area contributed by atoms with Crippen molar-refractivity contribution in [2.75, 3.05) is 13.2 Å². The third kappa shape index (κ3) is 2.79. The number of hydrogen-bond donors (Lipinski definition) is 3. The van der Waals surface area contributed by atoms with Crippen LogP contribution >= 0.6 is 11.6 Å². The van der Waals surface area contributed by atoms with Gasteiger partial charge in [0.1, 0.15) is 0 Å². The maximum absolute atomic E-state index is 9.47. The van der Waals surface area contributed by atoms with Gasteiger partial charge in [0.15, 0.2) is 0 Å². The summed E-state index contributed by atoms with van der Waals surface area (Å²) in [5.41, 5.74) is 1.79. The highest BCUT2D eigenvalue weighted by Crippen LogP contribution is 2.46.